The van der Waals surface area contributed by atoms with E-state index in [-0.39, 0.29) is 0 Å². The molecule has 0 saturated carbocycles. The molecule has 0 saturated heterocycles. The van der Waals surface area contributed by atoms with E-state index in [0.717, 1.165) is 11.1 Å². The summed E-state index contributed by atoms with van der Waals surface area (Å²) in [7, 11) is 0. The standard InChI is InChI=1S/C14H11ClO2/c15-12-8-6-11(7-9-12)13(14(16)17)10-4-2-1-3-5-10/h1-9,13H,(H,16,17)/t13-/m0/s1. The second-order valence-electron chi connectivity index (χ2n) is 3.73. The van der Waals surface area contributed by atoms with Gasteiger partial charge in [-0.2, -0.15) is 0 Å². The first-order chi connectivity index (χ1) is 8.18. The van der Waals surface area contributed by atoms with Gasteiger partial charge in [0.25, 0.3) is 0 Å². The number of carboxylic acid groups (broad SMARTS) is 1. The van der Waals surface area contributed by atoms with E-state index in [9.17, 15) is 9.90 Å². The highest BCUT2D eigenvalue weighted by Crippen LogP contribution is 2.25. The van der Waals surface area contributed by atoms with Crippen molar-refractivity contribution < 1.29 is 9.90 Å². The lowest BCUT2D eigenvalue weighted by atomic mass is 9.91. The third kappa shape index (κ3) is 2.66. The maximum Gasteiger partial charge on any atom is 0.315 e. The Kier molecular flexibility index (Phi) is 3.45. The molecule has 0 aliphatic carbocycles. The van der Waals surface area contributed by atoms with Crippen LogP contribution in [-0.2, 0) is 4.79 Å². The van der Waals surface area contributed by atoms with Crippen molar-refractivity contribution in [3.63, 3.8) is 0 Å². The Bertz CT molecular complexity index is 506. The van der Waals surface area contributed by atoms with Gasteiger partial charge >= 0.3 is 5.97 Å². The minimum absolute atomic E-state index is 0.603. The molecule has 0 bridgehead atoms. The molecule has 0 aromatic heterocycles. The number of carboxylic acids is 1. The normalized spacial score (nSPS) is 12.1. The minimum atomic E-state index is -0.862. The number of rotatable bonds is 3. The highest BCUT2D eigenvalue weighted by Gasteiger charge is 2.21. The van der Waals surface area contributed by atoms with Crippen LogP contribution in [0.25, 0.3) is 0 Å². The summed E-state index contributed by atoms with van der Waals surface area (Å²) >= 11 is 5.79. The van der Waals surface area contributed by atoms with Crippen LogP contribution in [0.4, 0.5) is 0 Å². The molecule has 2 nitrogen and oxygen atoms in total. The molecule has 2 rings (SSSR count). The molecule has 17 heavy (non-hydrogen) atoms. The number of hydrogen-bond acceptors (Lipinski definition) is 1. The number of benzene rings is 2. The summed E-state index contributed by atoms with van der Waals surface area (Å²) in [6.07, 6.45) is 0. The van der Waals surface area contributed by atoms with Crippen LogP contribution in [-0.4, -0.2) is 11.1 Å². The maximum absolute atomic E-state index is 11.4. The van der Waals surface area contributed by atoms with E-state index in [2.05, 4.69) is 0 Å². The molecule has 2 aromatic rings. The van der Waals surface area contributed by atoms with E-state index in [0.29, 0.717) is 5.02 Å². The van der Waals surface area contributed by atoms with Crippen LogP contribution in [0.3, 0.4) is 0 Å². The fraction of sp³-hybridized carbons (Fsp3) is 0.0714. The van der Waals surface area contributed by atoms with E-state index < -0.39 is 11.9 Å². The fourth-order valence-corrected chi connectivity index (χ4v) is 1.90. The Hall–Kier alpha value is -1.80. The highest BCUT2D eigenvalue weighted by molar-refractivity contribution is 6.30. The van der Waals surface area contributed by atoms with Gasteiger partial charge in [0.15, 0.2) is 0 Å². The summed E-state index contributed by atoms with van der Waals surface area (Å²) in [4.78, 5) is 11.4. The first-order valence-electron chi connectivity index (χ1n) is 5.21. The minimum Gasteiger partial charge on any atom is -0.481 e. The van der Waals surface area contributed by atoms with Crippen LogP contribution in [0.5, 0.6) is 0 Å². The van der Waals surface area contributed by atoms with Crippen LogP contribution in [0.1, 0.15) is 17.0 Å². The van der Waals surface area contributed by atoms with Crippen molar-refractivity contribution in [3.05, 3.63) is 70.7 Å². The average Bonchev–Trinajstić information content (AvgIpc) is 2.33. The zero-order chi connectivity index (χ0) is 12.3. The Morgan fingerprint density at radius 1 is 0.941 bits per heavy atom. The fourth-order valence-electron chi connectivity index (χ4n) is 1.78. The molecule has 0 aliphatic heterocycles. The van der Waals surface area contributed by atoms with E-state index in [1.54, 1.807) is 24.3 Å². The van der Waals surface area contributed by atoms with Gasteiger partial charge in [-0.25, -0.2) is 0 Å². The maximum atomic E-state index is 11.4. The molecule has 3 heteroatoms. The molecule has 0 fully saturated rings. The summed E-state index contributed by atoms with van der Waals surface area (Å²) in [5.74, 6) is -1.51. The van der Waals surface area contributed by atoms with Gasteiger partial charge in [0.2, 0.25) is 0 Å². The molecule has 1 N–H and O–H groups in total. The van der Waals surface area contributed by atoms with E-state index in [4.69, 9.17) is 11.6 Å². The molecule has 1 atom stereocenters. The van der Waals surface area contributed by atoms with Gasteiger partial charge in [0, 0.05) is 5.02 Å². The summed E-state index contributed by atoms with van der Waals surface area (Å²) in [6.45, 7) is 0. The van der Waals surface area contributed by atoms with Crippen LogP contribution in [0, 0.1) is 0 Å². The number of aliphatic carboxylic acids is 1. The van der Waals surface area contributed by atoms with Crippen molar-refractivity contribution in [2.24, 2.45) is 0 Å². The van der Waals surface area contributed by atoms with Crippen molar-refractivity contribution in [3.8, 4) is 0 Å². The number of halogens is 1. The van der Waals surface area contributed by atoms with E-state index in [1.807, 2.05) is 30.3 Å². The van der Waals surface area contributed by atoms with E-state index in [1.165, 1.54) is 0 Å². The lowest BCUT2D eigenvalue weighted by molar-refractivity contribution is -0.137. The molecular formula is C14H11ClO2. The summed E-state index contributed by atoms with van der Waals surface area (Å²) in [5.41, 5.74) is 1.50. The largest absolute Gasteiger partial charge is 0.481 e. The molecule has 0 spiro atoms. The van der Waals surface area contributed by atoms with Crippen molar-refractivity contribution in [2.45, 2.75) is 5.92 Å². The Morgan fingerprint density at radius 2 is 1.47 bits per heavy atom. The van der Waals surface area contributed by atoms with Crippen molar-refractivity contribution in [1.29, 1.82) is 0 Å². The molecule has 2 aromatic carbocycles. The predicted molar refractivity (Wildman–Crippen MR) is 67.4 cm³/mol. The van der Waals surface area contributed by atoms with Crippen LogP contribution in [0.15, 0.2) is 54.6 Å². The van der Waals surface area contributed by atoms with Crippen LogP contribution in [0.2, 0.25) is 5.02 Å². The quantitative estimate of drug-likeness (QED) is 0.899. The SMILES string of the molecule is O=C(O)[C@@H](c1ccccc1)c1ccc(Cl)cc1. The van der Waals surface area contributed by atoms with Gasteiger partial charge in [0.05, 0.1) is 0 Å². The van der Waals surface area contributed by atoms with Crippen LogP contribution >= 0.6 is 11.6 Å². The third-order valence-corrected chi connectivity index (χ3v) is 2.84. The van der Waals surface area contributed by atoms with Crippen molar-refractivity contribution >= 4 is 17.6 Å². The Labute approximate surface area is 104 Å². The van der Waals surface area contributed by atoms with Gasteiger partial charge in [0.1, 0.15) is 5.92 Å². The van der Waals surface area contributed by atoms with Gasteiger partial charge < -0.3 is 5.11 Å². The smallest absolute Gasteiger partial charge is 0.315 e. The lowest BCUT2D eigenvalue weighted by Gasteiger charge is -2.13. The lowest BCUT2D eigenvalue weighted by Crippen LogP contribution is -2.12. The summed E-state index contributed by atoms with van der Waals surface area (Å²) < 4.78 is 0. The molecular weight excluding hydrogens is 236 g/mol. The van der Waals surface area contributed by atoms with Gasteiger partial charge in [-0.1, -0.05) is 54.1 Å². The van der Waals surface area contributed by atoms with Crippen LogP contribution < -0.4 is 0 Å². The average molecular weight is 247 g/mol. The first kappa shape index (κ1) is 11.7. The predicted octanol–water partition coefficient (Wildman–Crippen LogP) is 3.56. The molecule has 0 amide bonds. The zero-order valence-electron chi connectivity index (χ0n) is 9.01. The third-order valence-electron chi connectivity index (χ3n) is 2.58. The van der Waals surface area contributed by atoms with Crippen molar-refractivity contribution in [1.82, 2.24) is 0 Å². The van der Waals surface area contributed by atoms with E-state index >= 15 is 0 Å². The van der Waals surface area contributed by atoms with Gasteiger partial charge in [-0.3, -0.25) is 4.79 Å². The second kappa shape index (κ2) is 5.02. The molecule has 0 radical (unpaired) electrons. The number of carbonyl (C=O) groups is 1. The monoisotopic (exact) mass is 246 g/mol. The second-order valence-corrected chi connectivity index (χ2v) is 4.17. The molecule has 0 heterocycles. The Balaban J connectivity index is 2.43. The molecule has 0 aliphatic rings. The first-order valence-corrected chi connectivity index (χ1v) is 5.59. The van der Waals surface area contributed by atoms with Gasteiger partial charge in [-0.05, 0) is 23.3 Å². The Morgan fingerprint density at radius 3 is 2.00 bits per heavy atom. The summed E-state index contributed by atoms with van der Waals surface area (Å²) in [5, 5.41) is 9.92. The molecule has 86 valence electrons. The summed E-state index contributed by atoms with van der Waals surface area (Å²) in [6, 6.07) is 16.1. The highest BCUT2D eigenvalue weighted by atomic mass is 35.5. The molecule has 0 unspecified atom stereocenters. The van der Waals surface area contributed by atoms with Crippen molar-refractivity contribution in [2.75, 3.05) is 0 Å². The topological polar surface area (TPSA) is 37.3 Å². The number of hydrogen-bond donors (Lipinski definition) is 1. The van der Waals surface area contributed by atoms with Gasteiger partial charge in [-0.15, -0.1) is 0 Å². The zero-order valence-corrected chi connectivity index (χ0v) is 9.76.